The second-order valence-electron chi connectivity index (χ2n) is 5.08. The highest BCUT2D eigenvalue weighted by Gasteiger charge is 2.23. The third-order valence-electron chi connectivity index (χ3n) is 3.18. The van der Waals surface area contributed by atoms with Gasteiger partial charge in [-0.15, -0.1) is 0 Å². The molecule has 0 saturated heterocycles. The monoisotopic (exact) mass is 311 g/mol. The first-order valence-electron chi connectivity index (χ1n) is 6.55. The second kappa shape index (κ2) is 6.17. The lowest BCUT2D eigenvalue weighted by atomic mass is 10.0. The van der Waals surface area contributed by atoms with Crippen molar-refractivity contribution < 1.29 is 22.4 Å². The van der Waals surface area contributed by atoms with Crippen molar-refractivity contribution in [1.29, 1.82) is 0 Å². The summed E-state index contributed by atoms with van der Waals surface area (Å²) in [5, 5.41) is 2.30. The standard InChI is InChI=1S/C16H13F4NO/c1-8(2)9-3-5-10(6-4-9)21-16(22)11-7-12(17)14(19)15(20)13(11)18/h3-8H,1-2H3,(H,21,22). The Kier molecular flexibility index (Phi) is 4.49. The lowest BCUT2D eigenvalue weighted by Crippen LogP contribution is -2.16. The summed E-state index contributed by atoms with van der Waals surface area (Å²) in [7, 11) is 0. The molecule has 0 aliphatic rings. The Morgan fingerprint density at radius 2 is 1.55 bits per heavy atom. The van der Waals surface area contributed by atoms with Gasteiger partial charge in [0.15, 0.2) is 23.3 Å². The van der Waals surface area contributed by atoms with Crippen molar-refractivity contribution >= 4 is 11.6 Å². The Bertz CT molecular complexity index is 711. The normalized spacial score (nSPS) is 10.9. The molecular weight excluding hydrogens is 298 g/mol. The summed E-state index contributed by atoms with van der Waals surface area (Å²) in [4.78, 5) is 11.9. The van der Waals surface area contributed by atoms with E-state index >= 15 is 0 Å². The predicted octanol–water partition coefficient (Wildman–Crippen LogP) is 4.62. The van der Waals surface area contributed by atoms with E-state index in [9.17, 15) is 22.4 Å². The van der Waals surface area contributed by atoms with Crippen molar-refractivity contribution in [2.45, 2.75) is 19.8 Å². The molecule has 0 bridgehead atoms. The first-order chi connectivity index (χ1) is 10.3. The number of amides is 1. The van der Waals surface area contributed by atoms with Crippen molar-refractivity contribution in [1.82, 2.24) is 0 Å². The zero-order valence-corrected chi connectivity index (χ0v) is 11.9. The maximum Gasteiger partial charge on any atom is 0.258 e. The number of benzene rings is 2. The van der Waals surface area contributed by atoms with Gasteiger partial charge in [0.05, 0.1) is 5.56 Å². The topological polar surface area (TPSA) is 29.1 Å². The van der Waals surface area contributed by atoms with Crippen LogP contribution < -0.4 is 5.32 Å². The van der Waals surface area contributed by atoms with Gasteiger partial charge in [0.2, 0.25) is 0 Å². The summed E-state index contributed by atoms with van der Waals surface area (Å²) in [6, 6.07) is 7.03. The number of halogens is 4. The van der Waals surface area contributed by atoms with Crippen molar-refractivity contribution in [3.8, 4) is 0 Å². The summed E-state index contributed by atoms with van der Waals surface area (Å²) in [6.07, 6.45) is 0. The molecule has 0 spiro atoms. The van der Waals surface area contributed by atoms with Gasteiger partial charge in [-0.05, 0) is 29.7 Å². The smallest absolute Gasteiger partial charge is 0.258 e. The minimum atomic E-state index is -2.01. The minimum Gasteiger partial charge on any atom is -0.322 e. The van der Waals surface area contributed by atoms with Crippen LogP contribution in [-0.4, -0.2) is 5.91 Å². The van der Waals surface area contributed by atoms with E-state index in [1.807, 2.05) is 13.8 Å². The van der Waals surface area contributed by atoms with E-state index in [4.69, 9.17) is 0 Å². The zero-order valence-electron chi connectivity index (χ0n) is 11.9. The molecule has 1 amide bonds. The van der Waals surface area contributed by atoms with Crippen LogP contribution in [0.1, 0.15) is 35.7 Å². The quantitative estimate of drug-likeness (QED) is 0.500. The van der Waals surface area contributed by atoms with E-state index in [2.05, 4.69) is 5.32 Å². The SMILES string of the molecule is CC(C)c1ccc(NC(=O)c2cc(F)c(F)c(F)c2F)cc1. The lowest BCUT2D eigenvalue weighted by molar-refractivity contribution is 0.102. The third kappa shape index (κ3) is 3.10. The fourth-order valence-electron chi connectivity index (χ4n) is 1.89. The molecule has 116 valence electrons. The van der Waals surface area contributed by atoms with Crippen LogP contribution in [0.4, 0.5) is 23.2 Å². The largest absolute Gasteiger partial charge is 0.322 e. The van der Waals surface area contributed by atoms with Crippen LogP contribution in [0.15, 0.2) is 30.3 Å². The van der Waals surface area contributed by atoms with E-state index in [0.717, 1.165) is 5.56 Å². The zero-order chi connectivity index (χ0) is 16.4. The van der Waals surface area contributed by atoms with Crippen LogP contribution in [0.25, 0.3) is 0 Å². The summed E-state index contributed by atoms with van der Waals surface area (Å²) >= 11 is 0. The van der Waals surface area contributed by atoms with Gasteiger partial charge in [0.25, 0.3) is 5.91 Å². The van der Waals surface area contributed by atoms with E-state index in [-0.39, 0.29) is 0 Å². The number of nitrogens with one attached hydrogen (secondary N) is 1. The Labute approximate surface area is 124 Å². The van der Waals surface area contributed by atoms with E-state index in [0.29, 0.717) is 17.7 Å². The number of hydrogen-bond acceptors (Lipinski definition) is 1. The molecule has 2 aromatic carbocycles. The van der Waals surface area contributed by atoms with Crippen LogP contribution in [-0.2, 0) is 0 Å². The number of anilines is 1. The lowest BCUT2D eigenvalue weighted by Gasteiger charge is -2.09. The van der Waals surface area contributed by atoms with Gasteiger partial charge in [0, 0.05) is 5.69 Å². The fraction of sp³-hybridized carbons (Fsp3) is 0.188. The molecule has 0 radical (unpaired) electrons. The Morgan fingerprint density at radius 1 is 0.955 bits per heavy atom. The maximum absolute atomic E-state index is 13.5. The molecule has 0 heterocycles. The minimum absolute atomic E-state index is 0.294. The summed E-state index contributed by atoms with van der Waals surface area (Å²) in [6.45, 7) is 3.99. The molecule has 2 aromatic rings. The van der Waals surface area contributed by atoms with Gasteiger partial charge < -0.3 is 5.32 Å². The molecule has 0 aliphatic heterocycles. The summed E-state index contributed by atoms with van der Waals surface area (Å²) in [5.41, 5.74) is 0.464. The molecule has 2 rings (SSSR count). The van der Waals surface area contributed by atoms with Gasteiger partial charge in [-0.1, -0.05) is 26.0 Å². The van der Waals surface area contributed by atoms with Crippen LogP contribution in [0, 0.1) is 23.3 Å². The molecule has 1 N–H and O–H groups in total. The Morgan fingerprint density at radius 3 is 2.09 bits per heavy atom. The molecular formula is C16H13F4NO. The molecule has 22 heavy (non-hydrogen) atoms. The van der Waals surface area contributed by atoms with E-state index in [1.165, 1.54) is 0 Å². The Hall–Kier alpha value is -2.37. The number of hydrogen-bond donors (Lipinski definition) is 1. The summed E-state index contributed by atoms with van der Waals surface area (Å²) in [5.74, 6) is -8.08. The average Bonchev–Trinajstić information content (AvgIpc) is 2.49. The van der Waals surface area contributed by atoms with Gasteiger partial charge in [-0.3, -0.25) is 4.79 Å². The van der Waals surface area contributed by atoms with Gasteiger partial charge in [-0.25, -0.2) is 17.6 Å². The predicted molar refractivity (Wildman–Crippen MR) is 74.8 cm³/mol. The van der Waals surface area contributed by atoms with Crippen LogP contribution in [0.3, 0.4) is 0 Å². The van der Waals surface area contributed by atoms with Crippen LogP contribution in [0.2, 0.25) is 0 Å². The van der Waals surface area contributed by atoms with Crippen LogP contribution >= 0.6 is 0 Å². The first-order valence-corrected chi connectivity index (χ1v) is 6.55. The molecule has 0 aliphatic carbocycles. The van der Waals surface area contributed by atoms with Gasteiger partial charge in [0.1, 0.15) is 0 Å². The molecule has 0 unspecified atom stereocenters. The maximum atomic E-state index is 13.5. The number of carbonyl (C=O) groups excluding carboxylic acids is 1. The van der Waals surface area contributed by atoms with E-state index < -0.39 is 34.7 Å². The molecule has 0 atom stereocenters. The highest BCUT2D eigenvalue weighted by atomic mass is 19.2. The highest BCUT2D eigenvalue weighted by molar-refractivity contribution is 6.04. The Balaban J connectivity index is 2.26. The van der Waals surface area contributed by atoms with Gasteiger partial charge in [-0.2, -0.15) is 0 Å². The molecule has 0 aromatic heterocycles. The fourth-order valence-corrected chi connectivity index (χ4v) is 1.89. The van der Waals surface area contributed by atoms with E-state index in [1.54, 1.807) is 24.3 Å². The molecule has 0 saturated carbocycles. The van der Waals surface area contributed by atoms with Crippen molar-refractivity contribution in [3.63, 3.8) is 0 Å². The summed E-state index contributed by atoms with van der Waals surface area (Å²) < 4.78 is 52.6. The first kappa shape index (κ1) is 16.0. The second-order valence-corrected chi connectivity index (χ2v) is 5.08. The number of carbonyl (C=O) groups is 1. The molecule has 2 nitrogen and oxygen atoms in total. The van der Waals surface area contributed by atoms with Crippen molar-refractivity contribution in [3.05, 3.63) is 64.7 Å². The average molecular weight is 311 g/mol. The van der Waals surface area contributed by atoms with Crippen molar-refractivity contribution in [2.24, 2.45) is 0 Å². The van der Waals surface area contributed by atoms with Crippen molar-refractivity contribution in [2.75, 3.05) is 5.32 Å². The third-order valence-corrected chi connectivity index (χ3v) is 3.18. The number of rotatable bonds is 3. The van der Waals surface area contributed by atoms with Crippen LogP contribution in [0.5, 0.6) is 0 Å². The molecule has 0 fully saturated rings. The highest BCUT2D eigenvalue weighted by Crippen LogP contribution is 2.21. The molecule has 6 heteroatoms. The van der Waals surface area contributed by atoms with Gasteiger partial charge >= 0.3 is 0 Å².